The number of aromatic nitrogens is 2. The molecule has 0 radical (unpaired) electrons. The lowest BCUT2D eigenvalue weighted by Crippen LogP contribution is -1.98. The minimum Gasteiger partial charge on any atom is -0.383 e. The molecule has 0 spiro atoms. The van der Waals surface area contributed by atoms with Crippen LogP contribution in [0.3, 0.4) is 0 Å². The minimum atomic E-state index is -0.414. The van der Waals surface area contributed by atoms with Gasteiger partial charge in [-0.15, -0.1) is 23.1 Å². The van der Waals surface area contributed by atoms with Crippen LogP contribution in [0.1, 0.15) is 5.82 Å². The summed E-state index contributed by atoms with van der Waals surface area (Å²) >= 11 is 3.04. The number of rotatable bonds is 4. The summed E-state index contributed by atoms with van der Waals surface area (Å²) in [4.78, 5) is 20.7. The molecule has 0 saturated heterocycles. The Morgan fingerprint density at radius 1 is 1.24 bits per heavy atom. The van der Waals surface area contributed by atoms with Crippen molar-refractivity contribution in [1.82, 2.24) is 9.97 Å². The van der Waals surface area contributed by atoms with Crippen LogP contribution >= 0.6 is 23.1 Å². The van der Waals surface area contributed by atoms with Crippen molar-refractivity contribution >= 4 is 44.8 Å². The van der Waals surface area contributed by atoms with E-state index in [4.69, 9.17) is 5.73 Å². The monoisotopic (exact) mass is 318 g/mol. The van der Waals surface area contributed by atoms with Gasteiger partial charge in [-0.05, 0) is 23.6 Å². The number of hydrogen-bond donors (Lipinski definition) is 1. The summed E-state index contributed by atoms with van der Waals surface area (Å²) < 4.78 is 0. The first-order valence-electron chi connectivity index (χ1n) is 6.00. The average molecular weight is 318 g/mol. The van der Waals surface area contributed by atoms with Crippen molar-refractivity contribution in [1.29, 1.82) is 0 Å². The normalized spacial score (nSPS) is 10.9. The molecule has 1 aromatic carbocycles. The van der Waals surface area contributed by atoms with Crippen molar-refractivity contribution < 1.29 is 4.92 Å². The molecular formula is C13H10N4O2S2. The Bertz CT molecular complexity index is 802. The summed E-state index contributed by atoms with van der Waals surface area (Å²) in [6, 6.07) is 8.31. The molecular weight excluding hydrogens is 308 g/mol. The third-order valence-electron chi connectivity index (χ3n) is 2.82. The van der Waals surface area contributed by atoms with Crippen LogP contribution in [0.5, 0.6) is 0 Å². The number of hydrogen-bond acceptors (Lipinski definition) is 7. The Kier molecular flexibility index (Phi) is 3.72. The van der Waals surface area contributed by atoms with Gasteiger partial charge < -0.3 is 5.73 Å². The maximum absolute atomic E-state index is 10.6. The van der Waals surface area contributed by atoms with E-state index in [-0.39, 0.29) is 5.69 Å². The molecule has 0 bridgehead atoms. The topological polar surface area (TPSA) is 94.9 Å². The summed E-state index contributed by atoms with van der Waals surface area (Å²) in [7, 11) is 0. The van der Waals surface area contributed by atoms with E-state index in [1.54, 1.807) is 12.1 Å². The van der Waals surface area contributed by atoms with E-state index in [0.717, 1.165) is 15.1 Å². The number of nitrogen functional groups attached to an aromatic ring is 1. The van der Waals surface area contributed by atoms with Crippen molar-refractivity contribution in [2.45, 2.75) is 10.6 Å². The number of nitro groups is 1. The number of thioether (sulfide) groups is 1. The Balaban J connectivity index is 1.75. The van der Waals surface area contributed by atoms with Crippen molar-refractivity contribution in [3.05, 3.63) is 51.7 Å². The van der Waals surface area contributed by atoms with Crippen LogP contribution in [-0.4, -0.2) is 14.9 Å². The lowest BCUT2D eigenvalue weighted by Gasteiger charge is -2.03. The standard InChI is InChI=1S/C13H10N4O2S2/c14-12-10-5-6-20-13(10)16-11(15-12)7-21-9-3-1-8(2-4-9)17(18)19/h1-6H,7H2,(H2,14,15,16). The molecule has 8 heteroatoms. The van der Waals surface area contributed by atoms with Gasteiger partial charge in [0.25, 0.3) is 5.69 Å². The largest absolute Gasteiger partial charge is 0.383 e. The number of thiophene rings is 1. The molecule has 0 unspecified atom stereocenters. The van der Waals surface area contributed by atoms with Gasteiger partial charge in [-0.2, -0.15) is 0 Å². The smallest absolute Gasteiger partial charge is 0.269 e. The highest BCUT2D eigenvalue weighted by Crippen LogP contribution is 2.27. The van der Waals surface area contributed by atoms with Crippen LogP contribution < -0.4 is 5.73 Å². The SMILES string of the molecule is Nc1nc(CSc2ccc([N+](=O)[O-])cc2)nc2sccc12. The van der Waals surface area contributed by atoms with Gasteiger partial charge in [0.2, 0.25) is 0 Å². The lowest BCUT2D eigenvalue weighted by atomic mass is 10.3. The van der Waals surface area contributed by atoms with Gasteiger partial charge in [0, 0.05) is 17.0 Å². The quantitative estimate of drug-likeness (QED) is 0.449. The highest BCUT2D eigenvalue weighted by Gasteiger charge is 2.08. The summed E-state index contributed by atoms with van der Waals surface area (Å²) in [5.74, 6) is 1.71. The highest BCUT2D eigenvalue weighted by atomic mass is 32.2. The second kappa shape index (κ2) is 5.66. The maximum Gasteiger partial charge on any atom is 0.269 e. The number of nitrogens with zero attached hydrogens (tertiary/aromatic N) is 3. The maximum atomic E-state index is 10.6. The predicted octanol–water partition coefficient (Wildman–Crippen LogP) is 3.47. The molecule has 106 valence electrons. The second-order valence-electron chi connectivity index (χ2n) is 4.20. The molecule has 2 aromatic heterocycles. The van der Waals surface area contributed by atoms with E-state index in [2.05, 4.69) is 9.97 Å². The minimum absolute atomic E-state index is 0.0832. The number of anilines is 1. The fraction of sp³-hybridized carbons (Fsp3) is 0.0769. The van der Waals surface area contributed by atoms with E-state index in [1.165, 1.54) is 35.2 Å². The molecule has 6 nitrogen and oxygen atoms in total. The van der Waals surface area contributed by atoms with Gasteiger partial charge in [0.15, 0.2) is 0 Å². The van der Waals surface area contributed by atoms with Gasteiger partial charge in [0.1, 0.15) is 16.5 Å². The zero-order valence-electron chi connectivity index (χ0n) is 10.7. The molecule has 21 heavy (non-hydrogen) atoms. The summed E-state index contributed by atoms with van der Waals surface area (Å²) in [6.07, 6.45) is 0. The van der Waals surface area contributed by atoms with Gasteiger partial charge in [-0.3, -0.25) is 10.1 Å². The molecule has 0 amide bonds. The average Bonchev–Trinajstić information content (AvgIpc) is 2.94. The zero-order chi connectivity index (χ0) is 14.8. The molecule has 0 aliphatic heterocycles. The number of nitro benzene ring substituents is 1. The first-order valence-corrected chi connectivity index (χ1v) is 7.87. The molecule has 0 aliphatic rings. The molecule has 2 N–H and O–H groups in total. The van der Waals surface area contributed by atoms with Crippen LogP contribution in [-0.2, 0) is 5.75 Å². The molecule has 3 aromatic rings. The molecule has 0 aliphatic carbocycles. The van der Waals surface area contributed by atoms with Crippen molar-refractivity contribution in [2.24, 2.45) is 0 Å². The molecule has 0 atom stereocenters. The van der Waals surface area contributed by atoms with Crippen molar-refractivity contribution in [3.8, 4) is 0 Å². The third kappa shape index (κ3) is 2.96. The van der Waals surface area contributed by atoms with E-state index in [9.17, 15) is 10.1 Å². The summed E-state index contributed by atoms with van der Waals surface area (Å²) in [6.45, 7) is 0. The first-order chi connectivity index (χ1) is 10.1. The Morgan fingerprint density at radius 3 is 2.71 bits per heavy atom. The molecule has 0 saturated carbocycles. The van der Waals surface area contributed by atoms with E-state index in [0.29, 0.717) is 17.4 Å². The summed E-state index contributed by atoms with van der Waals surface area (Å²) in [5.41, 5.74) is 5.98. The van der Waals surface area contributed by atoms with Crippen LogP contribution in [0, 0.1) is 10.1 Å². The van der Waals surface area contributed by atoms with Gasteiger partial charge >= 0.3 is 0 Å². The highest BCUT2D eigenvalue weighted by molar-refractivity contribution is 7.98. The first kappa shape index (κ1) is 13.8. The van der Waals surface area contributed by atoms with E-state index < -0.39 is 4.92 Å². The molecule has 2 heterocycles. The van der Waals surface area contributed by atoms with Crippen LogP contribution in [0.2, 0.25) is 0 Å². The van der Waals surface area contributed by atoms with Gasteiger partial charge in [0.05, 0.1) is 16.1 Å². The third-order valence-corrected chi connectivity index (χ3v) is 4.63. The lowest BCUT2D eigenvalue weighted by molar-refractivity contribution is -0.384. The van der Waals surface area contributed by atoms with Gasteiger partial charge in [-0.1, -0.05) is 0 Å². The Morgan fingerprint density at radius 2 is 2.00 bits per heavy atom. The number of fused-ring (bicyclic) bond motifs is 1. The summed E-state index contributed by atoms with van der Waals surface area (Å²) in [5, 5.41) is 13.4. The number of nitrogens with two attached hydrogens (primary N) is 1. The fourth-order valence-electron chi connectivity index (χ4n) is 1.80. The van der Waals surface area contributed by atoms with Crippen molar-refractivity contribution in [3.63, 3.8) is 0 Å². The van der Waals surface area contributed by atoms with Crippen LogP contribution in [0.25, 0.3) is 10.2 Å². The predicted molar refractivity (Wildman–Crippen MR) is 84.5 cm³/mol. The number of benzene rings is 1. The van der Waals surface area contributed by atoms with E-state index >= 15 is 0 Å². The zero-order valence-corrected chi connectivity index (χ0v) is 12.4. The second-order valence-corrected chi connectivity index (χ2v) is 6.15. The molecule has 3 rings (SSSR count). The van der Waals surface area contributed by atoms with E-state index in [1.807, 2.05) is 11.4 Å². The van der Waals surface area contributed by atoms with Crippen molar-refractivity contribution in [2.75, 3.05) is 5.73 Å². The number of non-ortho nitro benzene ring substituents is 1. The van der Waals surface area contributed by atoms with Gasteiger partial charge in [-0.25, -0.2) is 9.97 Å². The Labute approximate surface area is 128 Å². The van der Waals surface area contributed by atoms with Crippen LogP contribution in [0.15, 0.2) is 40.6 Å². The van der Waals surface area contributed by atoms with Crippen LogP contribution in [0.4, 0.5) is 11.5 Å². The Hall–Kier alpha value is -2.19. The molecule has 0 fully saturated rings. The fourth-order valence-corrected chi connectivity index (χ4v) is 3.34.